The highest BCUT2D eigenvalue weighted by atomic mass is 19.1. The van der Waals surface area contributed by atoms with E-state index in [9.17, 15) is 9.50 Å². The van der Waals surface area contributed by atoms with Crippen molar-refractivity contribution in [1.82, 2.24) is 5.32 Å². The van der Waals surface area contributed by atoms with Gasteiger partial charge < -0.3 is 15.3 Å². The lowest BCUT2D eigenvalue weighted by atomic mass is 10.0. The van der Waals surface area contributed by atoms with Crippen LogP contribution in [0.25, 0.3) is 0 Å². The number of nitrogens with zero attached hydrogens (tertiary/aromatic N) is 1. The molecule has 102 valence electrons. The van der Waals surface area contributed by atoms with Crippen LogP contribution in [0.3, 0.4) is 0 Å². The number of likely N-dealkylation sites (N-methyl/N-ethyl adjacent to an activating group) is 1. The predicted molar refractivity (Wildman–Crippen MR) is 73.3 cm³/mol. The number of hydrogen-bond donors (Lipinski definition) is 2. The van der Waals surface area contributed by atoms with Crippen LogP contribution in [-0.4, -0.2) is 30.8 Å². The maximum Gasteiger partial charge on any atom is 0.146 e. The van der Waals surface area contributed by atoms with Gasteiger partial charge in [0.25, 0.3) is 0 Å². The molecule has 0 aliphatic carbocycles. The van der Waals surface area contributed by atoms with Gasteiger partial charge in [0.15, 0.2) is 0 Å². The van der Waals surface area contributed by atoms with E-state index in [4.69, 9.17) is 0 Å². The summed E-state index contributed by atoms with van der Waals surface area (Å²) in [6.45, 7) is 7.27. The van der Waals surface area contributed by atoms with Gasteiger partial charge >= 0.3 is 0 Å². The quantitative estimate of drug-likeness (QED) is 0.816. The van der Waals surface area contributed by atoms with Crippen molar-refractivity contribution in [3.05, 3.63) is 29.6 Å². The van der Waals surface area contributed by atoms with E-state index < -0.39 is 5.54 Å². The molecule has 4 heteroatoms. The summed E-state index contributed by atoms with van der Waals surface area (Å²) in [7, 11) is 1.79. The molecule has 0 saturated carbocycles. The highest BCUT2D eigenvalue weighted by Gasteiger charge is 2.24. The van der Waals surface area contributed by atoms with Crippen LogP contribution in [0.2, 0.25) is 0 Å². The average molecular weight is 254 g/mol. The maximum atomic E-state index is 14.0. The Morgan fingerprint density at radius 2 is 2.06 bits per heavy atom. The molecule has 0 amide bonds. The van der Waals surface area contributed by atoms with Crippen molar-refractivity contribution in [3.63, 3.8) is 0 Å². The van der Waals surface area contributed by atoms with Gasteiger partial charge in [0.2, 0.25) is 0 Å². The van der Waals surface area contributed by atoms with E-state index in [1.165, 1.54) is 0 Å². The fourth-order valence-corrected chi connectivity index (χ4v) is 1.63. The highest BCUT2D eigenvalue weighted by Crippen LogP contribution is 2.25. The van der Waals surface area contributed by atoms with Gasteiger partial charge in [-0.2, -0.15) is 0 Å². The molecular weight excluding hydrogens is 231 g/mol. The molecule has 18 heavy (non-hydrogen) atoms. The molecule has 0 atom stereocenters. The van der Waals surface area contributed by atoms with Crippen molar-refractivity contribution in [3.8, 4) is 0 Å². The molecule has 0 saturated heterocycles. The zero-order valence-electron chi connectivity index (χ0n) is 11.6. The molecule has 0 aromatic heterocycles. The third kappa shape index (κ3) is 3.43. The number of anilines is 1. The number of hydrogen-bond acceptors (Lipinski definition) is 3. The van der Waals surface area contributed by atoms with Crippen LogP contribution in [-0.2, 0) is 6.54 Å². The Morgan fingerprint density at radius 1 is 1.39 bits per heavy atom. The van der Waals surface area contributed by atoms with Gasteiger partial charge in [-0.25, -0.2) is 4.39 Å². The molecule has 0 fully saturated rings. The second-order valence-electron chi connectivity index (χ2n) is 5.10. The summed E-state index contributed by atoms with van der Waals surface area (Å²) in [5.74, 6) is -0.255. The van der Waals surface area contributed by atoms with Crippen molar-refractivity contribution < 1.29 is 9.50 Å². The fourth-order valence-electron chi connectivity index (χ4n) is 1.63. The SMILES string of the molecule is CCNCc1ccc(N(C)C(C)(C)CO)c(F)c1. The highest BCUT2D eigenvalue weighted by molar-refractivity contribution is 5.50. The number of benzene rings is 1. The van der Waals surface area contributed by atoms with Crippen LogP contribution < -0.4 is 10.2 Å². The number of rotatable bonds is 6. The van der Waals surface area contributed by atoms with Crippen LogP contribution >= 0.6 is 0 Å². The zero-order valence-corrected chi connectivity index (χ0v) is 11.6. The summed E-state index contributed by atoms with van der Waals surface area (Å²) in [6, 6.07) is 5.21. The summed E-state index contributed by atoms with van der Waals surface area (Å²) < 4.78 is 14.0. The lowest BCUT2D eigenvalue weighted by molar-refractivity contribution is 0.215. The predicted octanol–water partition coefficient (Wildman–Crippen LogP) is 2.14. The zero-order chi connectivity index (χ0) is 13.8. The van der Waals surface area contributed by atoms with Gasteiger partial charge in [0, 0.05) is 13.6 Å². The molecule has 2 N–H and O–H groups in total. The summed E-state index contributed by atoms with van der Waals surface area (Å²) in [4.78, 5) is 1.76. The molecule has 0 heterocycles. The lowest BCUT2D eigenvalue weighted by Gasteiger charge is -2.36. The fraction of sp³-hybridized carbons (Fsp3) is 0.571. The van der Waals surface area contributed by atoms with E-state index in [0.29, 0.717) is 12.2 Å². The first-order chi connectivity index (χ1) is 8.42. The summed E-state index contributed by atoms with van der Waals surface area (Å²) in [5, 5.41) is 12.5. The number of aliphatic hydroxyl groups excluding tert-OH is 1. The summed E-state index contributed by atoms with van der Waals surface area (Å²) in [6.07, 6.45) is 0. The van der Waals surface area contributed by atoms with Gasteiger partial charge in [-0.05, 0) is 38.1 Å². The van der Waals surface area contributed by atoms with Crippen LogP contribution in [0.5, 0.6) is 0 Å². The molecular formula is C14H23FN2O. The van der Waals surface area contributed by atoms with E-state index in [1.807, 2.05) is 26.8 Å². The third-order valence-corrected chi connectivity index (χ3v) is 3.25. The Bertz CT molecular complexity index is 393. The first-order valence-electron chi connectivity index (χ1n) is 6.26. The Kier molecular flexibility index (Phi) is 5.11. The molecule has 1 aromatic carbocycles. The first-order valence-corrected chi connectivity index (χ1v) is 6.26. The molecule has 3 nitrogen and oxygen atoms in total. The molecule has 0 bridgehead atoms. The van der Waals surface area contributed by atoms with E-state index in [0.717, 1.165) is 12.1 Å². The minimum Gasteiger partial charge on any atom is -0.394 e. The minimum atomic E-state index is -0.482. The molecule has 0 spiro atoms. The first kappa shape index (κ1) is 14.9. The van der Waals surface area contributed by atoms with Crippen LogP contribution in [0.4, 0.5) is 10.1 Å². The monoisotopic (exact) mass is 254 g/mol. The molecule has 0 radical (unpaired) electrons. The van der Waals surface area contributed by atoms with Crippen molar-refractivity contribution in [2.24, 2.45) is 0 Å². The van der Waals surface area contributed by atoms with E-state index in [-0.39, 0.29) is 12.4 Å². The number of nitrogens with one attached hydrogen (secondary N) is 1. The van der Waals surface area contributed by atoms with Gasteiger partial charge in [-0.3, -0.25) is 0 Å². The van der Waals surface area contributed by atoms with Gasteiger partial charge in [-0.15, -0.1) is 0 Å². The van der Waals surface area contributed by atoms with Crippen molar-refractivity contribution >= 4 is 5.69 Å². The Balaban J connectivity index is 2.91. The summed E-state index contributed by atoms with van der Waals surface area (Å²) in [5.41, 5.74) is 0.951. The van der Waals surface area contributed by atoms with Gasteiger partial charge in [0.05, 0.1) is 17.8 Å². The second kappa shape index (κ2) is 6.16. The largest absolute Gasteiger partial charge is 0.394 e. The molecule has 1 rings (SSSR count). The topological polar surface area (TPSA) is 35.5 Å². The molecule has 0 aliphatic heterocycles. The van der Waals surface area contributed by atoms with E-state index >= 15 is 0 Å². The van der Waals surface area contributed by atoms with Crippen molar-refractivity contribution in [2.45, 2.75) is 32.9 Å². The van der Waals surface area contributed by atoms with Gasteiger partial charge in [0.1, 0.15) is 5.82 Å². The summed E-state index contributed by atoms with van der Waals surface area (Å²) >= 11 is 0. The van der Waals surface area contributed by atoms with Crippen molar-refractivity contribution in [2.75, 3.05) is 25.1 Å². The van der Waals surface area contributed by atoms with Crippen LogP contribution in [0, 0.1) is 5.82 Å². The Labute approximate surface area is 109 Å². The van der Waals surface area contributed by atoms with E-state index in [2.05, 4.69) is 5.32 Å². The normalized spacial score (nSPS) is 11.7. The molecule has 0 unspecified atom stereocenters. The Morgan fingerprint density at radius 3 is 2.56 bits per heavy atom. The number of aliphatic hydroxyl groups is 1. The maximum absolute atomic E-state index is 14.0. The lowest BCUT2D eigenvalue weighted by Crippen LogP contribution is -2.44. The van der Waals surface area contributed by atoms with Gasteiger partial charge in [-0.1, -0.05) is 13.0 Å². The number of halogens is 1. The van der Waals surface area contributed by atoms with E-state index in [1.54, 1.807) is 24.1 Å². The molecule has 1 aromatic rings. The molecule has 0 aliphatic rings. The Hall–Kier alpha value is -1.13. The standard InChI is InChI=1S/C14H23FN2O/c1-5-16-9-11-6-7-13(12(15)8-11)17(4)14(2,3)10-18/h6-8,16,18H,5,9-10H2,1-4H3. The second-order valence-corrected chi connectivity index (χ2v) is 5.10. The van der Waals surface area contributed by atoms with Crippen LogP contribution in [0.1, 0.15) is 26.3 Å². The third-order valence-electron chi connectivity index (χ3n) is 3.25. The van der Waals surface area contributed by atoms with Crippen molar-refractivity contribution in [1.29, 1.82) is 0 Å². The van der Waals surface area contributed by atoms with Crippen LogP contribution in [0.15, 0.2) is 18.2 Å². The average Bonchev–Trinajstić information content (AvgIpc) is 2.35. The minimum absolute atomic E-state index is 0.0257. The smallest absolute Gasteiger partial charge is 0.146 e.